The van der Waals surface area contributed by atoms with Crippen LogP contribution in [0.25, 0.3) is 0 Å². The second-order valence-electron chi connectivity index (χ2n) is 3.61. The normalized spacial score (nSPS) is 11.3. The Hall–Kier alpha value is -1.56. The van der Waals surface area contributed by atoms with E-state index in [0.29, 0.717) is 6.54 Å². The lowest BCUT2D eigenvalue weighted by Gasteiger charge is -2.02. The van der Waals surface area contributed by atoms with Crippen LogP contribution in [0, 0.1) is 6.92 Å². The quantitative estimate of drug-likeness (QED) is 0.570. The van der Waals surface area contributed by atoms with Crippen LogP contribution in [-0.2, 0) is 6.42 Å². The summed E-state index contributed by atoms with van der Waals surface area (Å²) in [7, 11) is 0. The average Bonchev–Trinajstić information content (AvgIpc) is 2.22. The number of guanidine groups is 2. The van der Waals surface area contributed by atoms with Crippen molar-refractivity contribution in [2.75, 3.05) is 6.54 Å². The van der Waals surface area contributed by atoms with E-state index < -0.39 is 0 Å². The van der Waals surface area contributed by atoms with Gasteiger partial charge in [-0.25, -0.2) is 0 Å². The summed E-state index contributed by atoms with van der Waals surface area (Å²) in [6.45, 7) is 2.61. The first-order chi connectivity index (χ1) is 7.99. The van der Waals surface area contributed by atoms with Gasteiger partial charge in [-0.2, -0.15) is 4.99 Å². The maximum Gasteiger partial charge on any atom is 0.218 e. The largest absolute Gasteiger partial charge is 0.370 e. The van der Waals surface area contributed by atoms with Gasteiger partial charge in [-0.1, -0.05) is 28.1 Å². The van der Waals surface area contributed by atoms with Crippen LogP contribution in [-0.4, -0.2) is 18.5 Å². The molecule has 0 amide bonds. The highest BCUT2D eigenvalue weighted by atomic mass is 79.9. The second kappa shape index (κ2) is 6.24. The van der Waals surface area contributed by atoms with Crippen molar-refractivity contribution in [2.45, 2.75) is 13.3 Å². The van der Waals surface area contributed by atoms with E-state index in [4.69, 9.17) is 17.2 Å². The minimum Gasteiger partial charge on any atom is -0.370 e. The Morgan fingerprint density at radius 2 is 2.00 bits per heavy atom. The van der Waals surface area contributed by atoms with Gasteiger partial charge in [0.05, 0.1) is 0 Å². The molecule has 0 aliphatic carbocycles. The number of aliphatic imine (C=N–C) groups is 2. The summed E-state index contributed by atoms with van der Waals surface area (Å²) < 4.78 is 1.10. The fourth-order valence-electron chi connectivity index (χ4n) is 1.33. The third-order valence-corrected chi connectivity index (χ3v) is 3.03. The molecule has 0 radical (unpaired) electrons. The molecule has 0 aliphatic heterocycles. The standard InChI is InChI=1S/C11H16BrN5/c1-7-6-8(2-3-9(7)12)4-5-16-11(15)17-10(13)14/h2-3,6H,4-5H2,1H3,(H6,13,14,15,16,17). The number of aryl methyl sites for hydroxylation is 1. The Morgan fingerprint density at radius 1 is 1.29 bits per heavy atom. The molecule has 0 fully saturated rings. The van der Waals surface area contributed by atoms with Crippen molar-refractivity contribution in [3.8, 4) is 0 Å². The van der Waals surface area contributed by atoms with Crippen LogP contribution < -0.4 is 17.2 Å². The number of halogens is 1. The van der Waals surface area contributed by atoms with Crippen LogP contribution in [0.15, 0.2) is 32.7 Å². The number of nitrogens with zero attached hydrogens (tertiary/aromatic N) is 2. The molecule has 0 bridgehead atoms. The first kappa shape index (κ1) is 13.5. The fourth-order valence-corrected chi connectivity index (χ4v) is 1.58. The molecule has 0 saturated carbocycles. The lowest BCUT2D eigenvalue weighted by molar-refractivity contribution is 0.959. The number of hydrogen-bond donors (Lipinski definition) is 3. The van der Waals surface area contributed by atoms with Crippen molar-refractivity contribution in [3.05, 3.63) is 33.8 Å². The molecule has 0 aliphatic rings. The molecule has 0 aromatic heterocycles. The number of hydrogen-bond acceptors (Lipinski definition) is 1. The highest BCUT2D eigenvalue weighted by molar-refractivity contribution is 9.10. The lowest BCUT2D eigenvalue weighted by atomic mass is 10.1. The molecule has 0 spiro atoms. The van der Waals surface area contributed by atoms with E-state index in [0.717, 1.165) is 10.9 Å². The monoisotopic (exact) mass is 297 g/mol. The van der Waals surface area contributed by atoms with Gasteiger partial charge in [0.25, 0.3) is 0 Å². The van der Waals surface area contributed by atoms with Crippen LogP contribution in [0.1, 0.15) is 11.1 Å². The molecular weight excluding hydrogens is 282 g/mol. The van der Waals surface area contributed by atoms with E-state index in [-0.39, 0.29) is 11.9 Å². The summed E-state index contributed by atoms with van der Waals surface area (Å²) in [6.07, 6.45) is 0.800. The van der Waals surface area contributed by atoms with Gasteiger partial charge in [0.2, 0.25) is 5.96 Å². The Bertz CT molecular complexity index is 449. The zero-order chi connectivity index (χ0) is 12.8. The summed E-state index contributed by atoms with van der Waals surface area (Å²) in [5, 5.41) is 0. The summed E-state index contributed by atoms with van der Waals surface area (Å²) in [5.41, 5.74) is 18.2. The minimum absolute atomic E-state index is 0.0780. The van der Waals surface area contributed by atoms with Crippen molar-refractivity contribution in [1.82, 2.24) is 0 Å². The van der Waals surface area contributed by atoms with Crippen molar-refractivity contribution in [1.29, 1.82) is 0 Å². The van der Waals surface area contributed by atoms with Crippen LogP contribution in [0.2, 0.25) is 0 Å². The highest BCUT2D eigenvalue weighted by Gasteiger charge is 1.97. The molecule has 1 aromatic rings. The summed E-state index contributed by atoms with van der Waals surface area (Å²) in [5.74, 6) is 0.0320. The predicted octanol–water partition coefficient (Wildman–Crippen LogP) is 0.888. The smallest absolute Gasteiger partial charge is 0.218 e. The summed E-state index contributed by atoms with van der Waals surface area (Å²) in [4.78, 5) is 7.68. The molecule has 1 rings (SSSR count). The van der Waals surface area contributed by atoms with Crippen molar-refractivity contribution < 1.29 is 0 Å². The Morgan fingerprint density at radius 3 is 2.59 bits per heavy atom. The van der Waals surface area contributed by atoms with E-state index in [1.807, 2.05) is 19.1 Å². The number of benzene rings is 1. The predicted molar refractivity (Wildman–Crippen MR) is 74.9 cm³/mol. The zero-order valence-corrected chi connectivity index (χ0v) is 11.2. The van der Waals surface area contributed by atoms with Crippen molar-refractivity contribution >= 4 is 27.8 Å². The summed E-state index contributed by atoms with van der Waals surface area (Å²) in [6, 6.07) is 6.17. The van der Waals surface area contributed by atoms with Gasteiger partial charge in [-0.3, -0.25) is 4.99 Å². The minimum atomic E-state index is -0.0780. The molecule has 1 aromatic carbocycles. The maximum atomic E-state index is 5.49. The maximum absolute atomic E-state index is 5.49. The van der Waals surface area contributed by atoms with Crippen molar-refractivity contribution in [3.63, 3.8) is 0 Å². The highest BCUT2D eigenvalue weighted by Crippen LogP contribution is 2.17. The second-order valence-corrected chi connectivity index (χ2v) is 4.46. The summed E-state index contributed by atoms with van der Waals surface area (Å²) >= 11 is 3.45. The van der Waals surface area contributed by atoms with Crippen LogP contribution in [0.3, 0.4) is 0 Å². The molecule has 0 unspecified atom stereocenters. The Labute approximate surface area is 109 Å². The molecule has 0 heterocycles. The van der Waals surface area contributed by atoms with E-state index in [2.05, 4.69) is 32.0 Å². The molecule has 0 saturated heterocycles. The fraction of sp³-hybridized carbons (Fsp3) is 0.273. The molecule has 0 atom stereocenters. The van der Waals surface area contributed by atoms with Crippen LogP contribution in [0.5, 0.6) is 0 Å². The van der Waals surface area contributed by atoms with Gasteiger partial charge in [0, 0.05) is 11.0 Å². The van der Waals surface area contributed by atoms with Gasteiger partial charge >= 0.3 is 0 Å². The zero-order valence-electron chi connectivity index (χ0n) is 9.65. The van der Waals surface area contributed by atoms with Crippen LogP contribution >= 0.6 is 15.9 Å². The molecule has 5 nitrogen and oxygen atoms in total. The topological polar surface area (TPSA) is 103 Å². The number of rotatable bonds is 3. The van der Waals surface area contributed by atoms with E-state index in [9.17, 15) is 0 Å². The molecule has 17 heavy (non-hydrogen) atoms. The molecular formula is C11H16BrN5. The average molecular weight is 298 g/mol. The van der Waals surface area contributed by atoms with Gasteiger partial charge < -0.3 is 17.2 Å². The SMILES string of the molecule is Cc1cc(CCN=C(N)N=C(N)N)ccc1Br. The Kier molecular flexibility index (Phi) is 4.96. The number of nitrogens with two attached hydrogens (primary N) is 3. The third-order valence-electron chi connectivity index (χ3n) is 2.14. The molecule has 6 heteroatoms. The van der Waals surface area contributed by atoms with E-state index in [1.165, 1.54) is 11.1 Å². The van der Waals surface area contributed by atoms with Crippen molar-refractivity contribution in [2.24, 2.45) is 27.2 Å². The third kappa shape index (κ3) is 4.86. The van der Waals surface area contributed by atoms with E-state index >= 15 is 0 Å². The van der Waals surface area contributed by atoms with Gasteiger partial charge in [-0.15, -0.1) is 0 Å². The first-order valence-corrected chi connectivity index (χ1v) is 5.93. The van der Waals surface area contributed by atoms with Crippen LogP contribution in [0.4, 0.5) is 0 Å². The van der Waals surface area contributed by atoms with Gasteiger partial charge in [-0.05, 0) is 30.5 Å². The van der Waals surface area contributed by atoms with Gasteiger partial charge in [0.1, 0.15) is 0 Å². The van der Waals surface area contributed by atoms with Gasteiger partial charge in [0.15, 0.2) is 5.96 Å². The van der Waals surface area contributed by atoms with E-state index in [1.54, 1.807) is 0 Å². The molecule has 92 valence electrons. The lowest BCUT2D eigenvalue weighted by Crippen LogP contribution is -2.26. The Balaban J connectivity index is 2.56. The first-order valence-electron chi connectivity index (χ1n) is 5.13. The molecule has 6 N–H and O–H groups in total.